The number of aliphatic imine (C=N–C) groups is 1. The van der Waals surface area contributed by atoms with E-state index in [0.29, 0.717) is 18.5 Å². The summed E-state index contributed by atoms with van der Waals surface area (Å²) in [6, 6.07) is 4.98. The second-order valence-corrected chi connectivity index (χ2v) is 8.39. The maximum Gasteiger partial charge on any atom is 0.192 e. The van der Waals surface area contributed by atoms with Crippen LogP contribution < -0.4 is 5.01 Å². The summed E-state index contributed by atoms with van der Waals surface area (Å²) >= 11 is 3.63. The van der Waals surface area contributed by atoms with Crippen molar-refractivity contribution in [2.24, 2.45) is 4.99 Å². The molecular formula is C20H24BrFN8. The first kappa shape index (κ1) is 19.7. The Hall–Kier alpha value is -2.30. The summed E-state index contributed by atoms with van der Waals surface area (Å²) in [6.07, 6.45) is 4.17. The third kappa shape index (κ3) is 3.52. The van der Waals surface area contributed by atoms with Crippen molar-refractivity contribution in [2.45, 2.75) is 19.6 Å². The van der Waals surface area contributed by atoms with Gasteiger partial charge in [-0.15, -0.1) is 0 Å². The predicted octanol–water partition coefficient (Wildman–Crippen LogP) is 2.20. The van der Waals surface area contributed by atoms with Crippen molar-refractivity contribution in [3.63, 3.8) is 0 Å². The number of piperazine rings is 1. The molecular weight excluding hydrogens is 451 g/mol. The van der Waals surface area contributed by atoms with Gasteiger partial charge in [-0.05, 0) is 34.6 Å². The molecule has 158 valence electrons. The number of aromatic amines is 1. The minimum absolute atomic E-state index is 0.108. The summed E-state index contributed by atoms with van der Waals surface area (Å²) in [5, 5.41) is 2.21. The largest absolute Gasteiger partial charge is 0.342 e. The lowest BCUT2D eigenvalue weighted by molar-refractivity contribution is 0.0885. The first-order chi connectivity index (χ1) is 14.6. The van der Waals surface area contributed by atoms with Crippen LogP contribution in [0.5, 0.6) is 0 Å². The maximum atomic E-state index is 14.0. The van der Waals surface area contributed by atoms with Gasteiger partial charge in [0, 0.05) is 39.1 Å². The van der Waals surface area contributed by atoms with E-state index in [0.717, 1.165) is 54.5 Å². The molecule has 0 saturated carbocycles. The van der Waals surface area contributed by atoms with Gasteiger partial charge in [-0.3, -0.25) is 9.91 Å². The lowest BCUT2D eigenvalue weighted by Crippen LogP contribution is -2.60. The average Bonchev–Trinajstić information content (AvgIpc) is 3.36. The van der Waals surface area contributed by atoms with E-state index in [-0.39, 0.29) is 12.1 Å². The van der Waals surface area contributed by atoms with Gasteiger partial charge in [0.2, 0.25) is 0 Å². The second kappa shape index (κ2) is 8.09. The number of fused-ring (bicyclic) bond motifs is 2. The quantitative estimate of drug-likeness (QED) is 0.613. The van der Waals surface area contributed by atoms with Crippen LogP contribution >= 0.6 is 15.9 Å². The van der Waals surface area contributed by atoms with Gasteiger partial charge in [-0.1, -0.05) is 13.0 Å². The lowest BCUT2D eigenvalue weighted by atomic mass is 10.3. The Morgan fingerprint density at radius 3 is 2.83 bits per heavy atom. The van der Waals surface area contributed by atoms with Gasteiger partial charge in [-0.25, -0.2) is 24.0 Å². The standard InChI is InChI=1S/C20H24BrFN8/c1-2-27-8-10-28(11-9-27)20-24-13-18-23-12-16(21)30(18)29(20)7-6-17-25-15-5-3-4-14(22)19(15)26-17/h3-5,12-13,20H,2,6-11H2,1H3,(H,25,26). The van der Waals surface area contributed by atoms with E-state index in [2.05, 4.69) is 57.3 Å². The summed E-state index contributed by atoms with van der Waals surface area (Å²) < 4.78 is 17.0. The van der Waals surface area contributed by atoms with Gasteiger partial charge in [0.15, 0.2) is 17.9 Å². The highest BCUT2D eigenvalue weighted by Crippen LogP contribution is 2.22. The van der Waals surface area contributed by atoms with E-state index in [1.807, 2.05) is 12.3 Å². The number of imidazole rings is 2. The Balaban J connectivity index is 1.39. The third-order valence-corrected chi connectivity index (χ3v) is 6.38. The number of hydrogen-bond acceptors (Lipinski definition) is 6. The Morgan fingerprint density at radius 1 is 1.23 bits per heavy atom. The summed E-state index contributed by atoms with van der Waals surface area (Å²) in [4.78, 5) is 21.8. The zero-order valence-corrected chi connectivity index (χ0v) is 18.4. The normalized spacial score (nSPS) is 20.2. The number of nitrogens with one attached hydrogen (secondary N) is 1. The van der Waals surface area contributed by atoms with Crippen LogP contribution in [0.25, 0.3) is 11.0 Å². The van der Waals surface area contributed by atoms with Crippen LogP contribution in [0, 0.1) is 5.82 Å². The average molecular weight is 475 g/mol. The van der Waals surface area contributed by atoms with E-state index in [1.54, 1.807) is 12.3 Å². The van der Waals surface area contributed by atoms with Crippen molar-refractivity contribution < 1.29 is 4.39 Å². The Kier molecular flexibility index (Phi) is 5.30. The smallest absolute Gasteiger partial charge is 0.192 e. The summed E-state index contributed by atoms with van der Waals surface area (Å²) in [5.74, 6) is 1.25. The molecule has 1 N–H and O–H groups in total. The van der Waals surface area contributed by atoms with Crippen molar-refractivity contribution >= 4 is 33.2 Å². The SMILES string of the molecule is CCN1CCN(C2N=Cc3ncc(Br)n3N2CCc2nc3c(F)cccc3[nH]2)CC1. The third-order valence-electron chi connectivity index (χ3n) is 5.84. The molecule has 8 nitrogen and oxygen atoms in total. The van der Waals surface area contributed by atoms with E-state index in [1.165, 1.54) is 6.07 Å². The van der Waals surface area contributed by atoms with Crippen LogP contribution in [0.15, 0.2) is 34.0 Å². The van der Waals surface area contributed by atoms with E-state index < -0.39 is 0 Å². The van der Waals surface area contributed by atoms with Crippen molar-refractivity contribution in [1.82, 2.24) is 29.4 Å². The van der Waals surface area contributed by atoms with Crippen LogP contribution in [0.1, 0.15) is 18.6 Å². The summed E-state index contributed by atoms with van der Waals surface area (Å²) in [6.45, 7) is 7.94. The summed E-state index contributed by atoms with van der Waals surface area (Å²) in [5.41, 5.74) is 1.11. The van der Waals surface area contributed by atoms with E-state index in [4.69, 9.17) is 4.99 Å². The molecule has 30 heavy (non-hydrogen) atoms. The summed E-state index contributed by atoms with van der Waals surface area (Å²) in [7, 11) is 0. The lowest BCUT2D eigenvalue weighted by Gasteiger charge is -2.44. The molecule has 0 aliphatic carbocycles. The van der Waals surface area contributed by atoms with Crippen LogP contribution in [0.2, 0.25) is 0 Å². The number of hydrogen-bond donors (Lipinski definition) is 1. The minimum atomic E-state index is -0.302. The Labute approximate surface area is 182 Å². The number of para-hydroxylation sites is 1. The van der Waals surface area contributed by atoms with Gasteiger partial charge >= 0.3 is 0 Å². The molecule has 0 radical (unpaired) electrons. The fourth-order valence-corrected chi connectivity index (χ4v) is 4.68. The molecule has 1 saturated heterocycles. The topological polar surface area (TPSA) is 68.6 Å². The fourth-order valence-electron chi connectivity index (χ4n) is 4.19. The van der Waals surface area contributed by atoms with Gasteiger partial charge in [0.05, 0.1) is 17.9 Å². The molecule has 2 aliphatic rings. The van der Waals surface area contributed by atoms with Crippen molar-refractivity contribution in [1.29, 1.82) is 0 Å². The first-order valence-electron chi connectivity index (χ1n) is 10.3. The minimum Gasteiger partial charge on any atom is -0.342 e. The number of nitrogens with zero attached hydrogens (tertiary/aromatic N) is 7. The number of aromatic nitrogens is 4. The molecule has 0 bridgehead atoms. The number of benzene rings is 1. The molecule has 1 aromatic carbocycles. The van der Waals surface area contributed by atoms with Gasteiger partial charge in [0.25, 0.3) is 0 Å². The second-order valence-electron chi connectivity index (χ2n) is 7.58. The molecule has 10 heteroatoms. The predicted molar refractivity (Wildman–Crippen MR) is 118 cm³/mol. The van der Waals surface area contributed by atoms with Gasteiger partial charge in [0.1, 0.15) is 15.9 Å². The van der Waals surface area contributed by atoms with Crippen LogP contribution in [0.4, 0.5) is 4.39 Å². The molecule has 5 rings (SSSR count). The molecule has 0 spiro atoms. The highest BCUT2D eigenvalue weighted by atomic mass is 79.9. The monoisotopic (exact) mass is 474 g/mol. The Bertz CT molecular complexity index is 1070. The maximum absolute atomic E-state index is 14.0. The van der Waals surface area contributed by atoms with E-state index >= 15 is 0 Å². The molecule has 4 heterocycles. The van der Waals surface area contributed by atoms with Crippen LogP contribution in [-0.4, -0.2) is 81.2 Å². The van der Waals surface area contributed by atoms with Gasteiger partial charge in [-0.2, -0.15) is 0 Å². The highest BCUT2D eigenvalue weighted by Gasteiger charge is 2.32. The number of rotatable bonds is 5. The zero-order chi connectivity index (χ0) is 20.7. The molecule has 1 unspecified atom stereocenters. The number of likely N-dealkylation sites (N-methyl/N-ethyl adjacent to an activating group) is 1. The fraction of sp³-hybridized carbons (Fsp3) is 0.450. The van der Waals surface area contributed by atoms with Crippen LogP contribution in [-0.2, 0) is 6.42 Å². The first-order valence-corrected chi connectivity index (χ1v) is 11.1. The van der Waals surface area contributed by atoms with Crippen LogP contribution in [0.3, 0.4) is 0 Å². The van der Waals surface area contributed by atoms with E-state index in [9.17, 15) is 4.39 Å². The number of halogens is 2. The Morgan fingerprint density at radius 2 is 2.07 bits per heavy atom. The zero-order valence-electron chi connectivity index (χ0n) is 16.8. The molecule has 1 atom stereocenters. The van der Waals surface area contributed by atoms with Crippen molar-refractivity contribution in [3.8, 4) is 0 Å². The highest BCUT2D eigenvalue weighted by molar-refractivity contribution is 9.10. The molecule has 0 amide bonds. The van der Waals surface area contributed by atoms with Crippen molar-refractivity contribution in [3.05, 3.63) is 46.5 Å². The molecule has 2 aliphatic heterocycles. The molecule has 1 fully saturated rings. The van der Waals surface area contributed by atoms with Crippen molar-refractivity contribution in [2.75, 3.05) is 44.3 Å². The van der Waals surface area contributed by atoms with Gasteiger partial charge < -0.3 is 9.88 Å². The molecule has 2 aromatic heterocycles. The molecule has 3 aromatic rings. The number of H-pyrrole nitrogens is 1.